The Morgan fingerprint density at radius 1 is 1.04 bits per heavy atom. The molecular weight excluding hydrogens is 296 g/mol. The minimum absolute atomic E-state index is 0.363. The van der Waals surface area contributed by atoms with Crippen LogP contribution in [0.2, 0.25) is 0 Å². The highest BCUT2D eigenvalue weighted by atomic mass is 16.5. The zero-order valence-electron chi connectivity index (χ0n) is 13.0. The molecule has 0 bridgehead atoms. The van der Waals surface area contributed by atoms with Crippen molar-refractivity contribution in [2.24, 2.45) is 0 Å². The summed E-state index contributed by atoms with van der Waals surface area (Å²) >= 11 is 0. The van der Waals surface area contributed by atoms with Gasteiger partial charge in [0.25, 0.3) is 0 Å². The third kappa shape index (κ3) is 4.85. The number of benzene rings is 2. The molecule has 1 unspecified atom stereocenters. The summed E-state index contributed by atoms with van der Waals surface area (Å²) in [4.78, 5) is 21.9. The van der Waals surface area contributed by atoms with E-state index in [2.05, 4.69) is 4.74 Å². The van der Waals surface area contributed by atoms with Gasteiger partial charge in [0.05, 0.1) is 12.7 Å². The van der Waals surface area contributed by atoms with Crippen LogP contribution in [-0.4, -0.2) is 25.5 Å². The third-order valence-corrected chi connectivity index (χ3v) is 3.12. The van der Waals surface area contributed by atoms with Crippen molar-refractivity contribution in [2.45, 2.75) is 19.6 Å². The monoisotopic (exact) mass is 314 g/mol. The number of ether oxygens (including phenoxy) is 3. The molecule has 120 valence electrons. The average Bonchev–Trinajstić information content (AvgIpc) is 2.60. The van der Waals surface area contributed by atoms with Crippen molar-refractivity contribution in [1.29, 1.82) is 0 Å². The number of esters is 1. The predicted molar refractivity (Wildman–Crippen MR) is 84.7 cm³/mol. The van der Waals surface area contributed by atoms with Gasteiger partial charge in [-0.25, -0.2) is 4.79 Å². The fraction of sp³-hybridized carbons (Fsp3) is 0.222. The maximum absolute atomic E-state index is 11.3. The molecule has 2 rings (SSSR count). The van der Waals surface area contributed by atoms with Gasteiger partial charge >= 0.3 is 5.97 Å². The van der Waals surface area contributed by atoms with Crippen molar-refractivity contribution < 1.29 is 23.8 Å². The van der Waals surface area contributed by atoms with E-state index in [4.69, 9.17) is 9.47 Å². The van der Waals surface area contributed by atoms with Gasteiger partial charge in [-0.2, -0.15) is 0 Å². The molecule has 0 aromatic heterocycles. The van der Waals surface area contributed by atoms with Crippen molar-refractivity contribution in [1.82, 2.24) is 0 Å². The van der Waals surface area contributed by atoms with Gasteiger partial charge in [0.15, 0.2) is 12.4 Å². The Morgan fingerprint density at radius 2 is 1.65 bits per heavy atom. The van der Waals surface area contributed by atoms with Gasteiger partial charge in [0.2, 0.25) is 0 Å². The largest absolute Gasteiger partial charge is 0.489 e. The number of carbonyl (C=O) groups excluding carboxylic acids is 2. The summed E-state index contributed by atoms with van der Waals surface area (Å²) in [6, 6.07) is 14.1. The molecule has 0 saturated carbocycles. The molecule has 0 radical (unpaired) electrons. The Morgan fingerprint density at radius 3 is 2.22 bits per heavy atom. The zero-order valence-corrected chi connectivity index (χ0v) is 13.0. The molecule has 0 aliphatic heterocycles. The molecule has 2 aromatic carbocycles. The van der Waals surface area contributed by atoms with Crippen molar-refractivity contribution >= 4 is 12.3 Å². The second kappa shape index (κ2) is 7.98. The average molecular weight is 314 g/mol. The standard InChI is InChI=1S/C18H18O5/c1-13(11-19)23-17-9-7-16(8-10-17)22-12-14-3-5-15(6-4-14)18(20)21-2/h3-11,13H,12H2,1-2H3. The van der Waals surface area contributed by atoms with Crippen LogP contribution in [0.15, 0.2) is 48.5 Å². The van der Waals surface area contributed by atoms with E-state index in [-0.39, 0.29) is 5.97 Å². The summed E-state index contributed by atoms with van der Waals surface area (Å²) in [6.45, 7) is 2.06. The van der Waals surface area contributed by atoms with E-state index in [0.29, 0.717) is 23.7 Å². The molecule has 0 fully saturated rings. The molecule has 1 atom stereocenters. The highest BCUT2D eigenvalue weighted by molar-refractivity contribution is 5.89. The number of hydrogen-bond donors (Lipinski definition) is 0. The minimum Gasteiger partial charge on any atom is -0.489 e. The molecule has 0 heterocycles. The quantitative estimate of drug-likeness (QED) is 0.581. The maximum atomic E-state index is 11.3. The van der Waals surface area contributed by atoms with Crippen LogP contribution in [0.3, 0.4) is 0 Å². The highest BCUT2D eigenvalue weighted by Gasteiger charge is 2.05. The number of carbonyl (C=O) groups is 2. The lowest BCUT2D eigenvalue weighted by Crippen LogP contribution is -2.12. The van der Waals surface area contributed by atoms with Crippen LogP contribution in [0.25, 0.3) is 0 Å². The van der Waals surface area contributed by atoms with E-state index in [1.165, 1.54) is 7.11 Å². The molecule has 2 aromatic rings. The first-order valence-electron chi connectivity index (χ1n) is 7.14. The zero-order chi connectivity index (χ0) is 16.7. The number of methoxy groups -OCH3 is 1. The van der Waals surface area contributed by atoms with Gasteiger partial charge in [-0.1, -0.05) is 12.1 Å². The Kier molecular flexibility index (Phi) is 5.74. The lowest BCUT2D eigenvalue weighted by Gasteiger charge is -2.10. The molecule has 0 amide bonds. The van der Waals surface area contributed by atoms with Crippen molar-refractivity contribution in [2.75, 3.05) is 7.11 Å². The molecule has 0 aliphatic rings. The van der Waals surface area contributed by atoms with E-state index in [9.17, 15) is 9.59 Å². The van der Waals surface area contributed by atoms with Crippen LogP contribution in [0.4, 0.5) is 0 Å². The molecular formula is C18H18O5. The summed E-state index contributed by atoms with van der Waals surface area (Å²) < 4.78 is 15.7. The lowest BCUT2D eigenvalue weighted by molar-refractivity contribution is -0.113. The second-order valence-corrected chi connectivity index (χ2v) is 4.91. The van der Waals surface area contributed by atoms with Gasteiger partial charge in [-0.3, -0.25) is 4.79 Å². The topological polar surface area (TPSA) is 61.8 Å². The van der Waals surface area contributed by atoms with Crippen LogP contribution >= 0.6 is 0 Å². The summed E-state index contributed by atoms with van der Waals surface area (Å²) in [6.07, 6.45) is 0.262. The molecule has 0 saturated heterocycles. The predicted octanol–water partition coefficient (Wildman–Crippen LogP) is 3.02. The van der Waals surface area contributed by atoms with Gasteiger partial charge in [-0.05, 0) is 48.9 Å². The first-order chi connectivity index (χ1) is 11.1. The van der Waals surface area contributed by atoms with Crippen molar-refractivity contribution in [3.8, 4) is 11.5 Å². The lowest BCUT2D eigenvalue weighted by atomic mass is 10.1. The van der Waals surface area contributed by atoms with Crippen molar-refractivity contribution in [3.05, 3.63) is 59.7 Å². The molecule has 5 heteroatoms. The number of rotatable bonds is 7. The second-order valence-electron chi connectivity index (χ2n) is 4.91. The molecule has 0 aliphatic carbocycles. The van der Waals surface area contributed by atoms with Crippen LogP contribution < -0.4 is 9.47 Å². The van der Waals surface area contributed by atoms with E-state index >= 15 is 0 Å². The summed E-state index contributed by atoms with van der Waals surface area (Å²) in [7, 11) is 1.35. The Hall–Kier alpha value is -2.82. The van der Waals surface area contributed by atoms with Crippen LogP contribution in [-0.2, 0) is 16.1 Å². The Labute approximate surface area is 134 Å². The van der Waals surface area contributed by atoms with E-state index in [1.807, 2.05) is 12.1 Å². The third-order valence-electron chi connectivity index (χ3n) is 3.12. The summed E-state index contributed by atoms with van der Waals surface area (Å²) in [5, 5.41) is 0. The van der Waals surface area contributed by atoms with Crippen molar-refractivity contribution in [3.63, 3.8) is 0 Å². The Bertz CT molecular complexity index is 646. The smallest absolute Gasteiger partial charge is 0.337 e. The minimum atomic E-state index is -0.477. The van der Waals surface area contributed by atoms with Gasteiger partial charge < -0.3 is 14.2 Å². The molecule has 23 heavy (non-hydrogen) atoms. The van der Waals surface area contributed by atoms with E-state index < -0.39 is 6.10 Å². The van der Waals surface area contributed by atoms with E-state index in [0.717, 1.165) is 11.8 Å². The van der Waals surface area contributed by atoms with Gasteiger partial charge in [0.1, 0.15) is 18.1 Å². The Balaban J connectivity index is 1.90. The molecule has 5 nitrogen and oxygen atoms in total. The van der Waals surface area contributed by atoms with Crippen LogP contribution in [0, 0.1) is 0 Å². The summed E-state index contributed by atoms with van der Waals surface area (Å²) in [5.74, 6) is 0.935. The fourth-order valence-corrected chi connectivity index (χ4v) is 1.88. The highest BCUT2D eigenvalue weighted by Crippen LogP contribution is 2.19. The summed E-state index contributed by atoms with van der Waals surface area (Å²) in [5.41, 5.74) is 1.44. The van der Waals surface area contributed by atoms with Gasteiger partial charge in [0, 0.05) is 0 Å². The van der Waals surface area contributed by atoms with Crippen LogP contribution in [0.1, 0.15) is 22.8 Å². The normalized spacial score (nSPS) is 11.4. The van der Waals surface area contributed by atoms with Gasteiger partial charge in [-0.15, -0.1) is 0 Å². The SMILES string of the molecule is COC(=O)c1ccc(COc2ccc(OC(C)C=O)cc2)cc1. The first kappa shape index (κ1) is 16.5. The first-order valence-corrected chi connectivity index (χ1v) is 7.14. The number of aldehydes is 1. The van der Waals surface area contributed by atoms with E-state index in [1.54, 1.807) is 43.3 Å². The van der Waals surface area contributed by atoms with Crippen LogP contribution in [0.5, 0.6) is 11.5 Å². The fourth-order valence-electron chi connectivity index (χ4n) is 1.88. The molecule has 0 N–H and O–H groups in total. The maximum Gasteiger partial charge on any atom is 0.337 e. The number of hydrogen-bond acceptors (Lipinski definition) is 5. The molecule has 0 spiro atoms.